The van der Waals surface area contributed by atoms with Crippen molar-refractivity contribution in [2.24, 2.45) is 0 Å². The summed E-state index contributed by atoms with van der Waals surface area (Å²) >= 11 is 0. The highest BCUT2D eigenvalue weighted by Crippen LogP contribution is 2.12. The number of aliphatic hydroxyl groups is 2. The third-order valence-corrected chi connectivity index (χ3v) is 8.30. The largest absolute Gasteiger partial charge is 0.394 e. The van der Waals surface area contributed by atoms with Crippen LogP contribution in [-0.2, 0) is 4.79 Å². The fraction of sp³-hybridized carbons (Fsp3) is 0.622. The van der Waals surface area contributed by atoms with E-state index in [-0.39, 0.29) is 12.5 Å². The summed E-state index contributed by atoms with van der Waals surface area (Å²) in [4.78, 5) is 12.3. The van der Waals surface area contributed by atoms with Gasteiger partial charge in [-0.2, -0.15) is 0 Å². The summed E-state index contributed by atoms with van der Waals surface area (Å²) in [6.45, 7) is 4.09. The maximum atomic E-state index is 12.3. The van der Waals surface area contributed by atoms with E-state index < -0.39 is 12.1 Å². The third kappa shape index (κ3) is 36.4. The highest BCUT2D eigenvalue weighted by atomic mass is 16.3. The lowest BCUT2D eigenvalue weighted by molar-refractivity contribution is -0.123. The first-order valence-electron chi connectivity index (χ1n) is 20.0. The van der Waals surface area contributed by atoms with E-state index in [4.69, 9.17) is 0 Å². The predicted octanol–water partition coefficient (Wildman–Crippen LogP) is 12.3. The van der Waals surface area contributed by atoms with Crippen molar-refractivity contribution in [1.29, 1.82) is 0 Å². The molecule has 0 aliphatic carbocycles. The number of amides is 1. The number of rotatable bonds is 34. The quantitative estimate of drug-likeness (QED) is 0.0469. The molecule has 4 nitrogen and oxygen atoms in total. The molecule has 49 heavy (non-hydrogen) atoms. The van der Waals surface area contributed by atoms with Crippen molar-refractivity contribution in [3.63, 3.8) is 0 Å². The topological polar surface area (TPSA) is 69.6 Å². The molecule has 0 spiro atoms. The van der Waals surface area contributed by atoms with Crippen LogP contribution in [-0.4, -0.2) is 34.9 Å². The minimum absolute atomic E-state index is 0.0885. The zero-order valence-electron chi connectivity index (χ0n) is 31.7. The van der Waals surface area contributed by atoms with Crippen molar-refractivity contribution in [2.45, 2.75) is 174 Å². The van der Waals surface area contributed by atoms with Gasteiger partial charge < -0.3 is 15.5 Å². The summed E-state index contributed by atoms with van der Waals surface area (Å²) in [6, 6.07) is -0.644. The number of nitrogens with one attached hydrogen (secondary N) is 1. The van der Waals surface area contributed by atoms with Crippen LogP contribution in [0, 0.1) is 0 Å². The smallest absolute Gasteiger partial charge is 0.220 e. The Balaban J connectivity index is 3.60. The first-order chi connectivity index (χ1) is 24.2. The minimum atomic E-state index is -0.866. The van der Waals surface area contributed by atoms with Crippen molar-refractivity contribution >= 4 is 5.91 Å². The van der Waals surface area contributed by atoms with Crippen LogP contribution in [0.2, 0.25) is 0 Å². The molecule has 0 aromatic heterocycles. The molecule has 0 aliphatic rings. The van der Waals surface area contributed by atoms with Gasteiger partial charge in [-0.3, -0.25) is 4.79 Å². The van der Waals surface area contributed by atoms with Crippen LogP contribution in [0.3, 0.4) is 0 Å². The highest BCUT2D eigenvalue weighted by molar-refractivity contribution is 5.76. The summed E-state index contributed by atoms with van der Waals surface area (Å²) in [7, 11) is 0. The van der Waals surface area contributed by atoms with E-state index in [2.05, 4.69) is 104 Å². The molecule has 2 unspecified atom stereocenters. The number of allylic oxidation sites excluding steroid dienone is 15. The molecule has 0 fully saturated rings. The first kappa shape index (κ1) is 46.3. The normalized spacial score (nSPS) is 14.1. The Morgan fingerprint density at radius 3 is 1.43 bits per heavy atom. The van der Waals surface area contributed by atoms with E-state index in [0.29, 0.717) is 6.42 Å². The van der Waals surface area contributed by atoms with Gasteiger partial charge in [0.05, 0.1) is 18.8 Å². The molecule has 278 valence electrons. The molecule has 0 saturated carbocycles. The summed E-state index contributed by atoms with van der Waals surface area (Å²) in [5.41, 5.74) is 0. The molecule has 0 saturated heterocycles. The second-order valence-electron chi connectivity index (χ2n) is 13.0. The van der Waals surface area contributed by atoms with Crippen molar-refractivity contribution < 1.29 is 15.0 Å². The molecule has 0 aromatic carbocycles. The molecule has 0 heterocycles. The highest BCUT2D eigenvalue weighted by Gasteiger charge is 2.17. The van der Waals surface area contributed by atoms with Crippen LogP contribution >= 0.6 is 0 Å². The molecular weight excluding hydrogens is 602 g/mol. The molecule has 0 rings (SSSR count). The Hall–Kier alpha value is -2.69. The first-order valence-corrected chi connectivity index (χ1v) is 20.0. The van der Waals surface area contributed by atoms with E-state index in [9.17, 15) is 15.0 Å². The fourth-order valence-electron chi connectivity index (χ4n) is 5.24. The van der Waals surface area contributed by atoms with Crippen LogP contribution in [0.5, 0.6) is 0 Å². The van der Waals surface area contributed by atoms with Crippen LogP contribution in [0.1, 0.15) is 162 Å². The van der Waals surface area contributed by atoms with Gasteiger partial charge in [0.1, 0.15) is 0 Å². The van der Waals surface area contributed by atoms with Crippen LogP contribution in [0.15, 0.2) is 97.2 Å². The van der Waals surface area contributed by atoms with Crippen molar-refractivity contribution in [2.75, 3.05) is 6.61 Å². The lowest BCUT2D eigenvalue weighted by Crippen LogP contribution is -2.45. The van der Waals surface area contributed by atoms with E-state index in [1.165, 1.54) is 64.2 Å². The second-order valence-corrected chi connectivity index (χ2v) is 13.0. The average molecular weight is 678 g/mol. The molecular formula is C45H75NO3. The second kappa shape index (κ2) is 39.7. The van der Waals surface area contributed by atoms with Gasteiger partial charge in [-0.1, -0.05) is 175 Å². The Bertz CT molecular complexity index is 952. The van der Waals surface area contributed by atoms with Crippen LogP contribution in [0.25, 0.3) is 0 Å². The summed E-state index contributed by atoms with van der Waals surface area (Å²) in [5, 5.41) is 22.7. The van der Waals surface area contributed by atoms with Gasteiger partial charge in [0.25, 0.3) is 0 Å². The third-order valence-electron chi connectivity index (χ3n) is 8.30. The van der Waals surface area contributed by atoms with Crippen molar-refractivity contribution in [3.05, 3.63) is 97.2 Å². The van der Waals surface area contributed by atoms with Gasteiger partial charge in [0.15, 0.2) is 0 Å². The minimum Gasteiger partial charge on any atom is -0.394 e. The summed E-state index contributed by atoms with van der Waals surface area (Å²) in [5.74, 6) is -0.0885. The predicted molar refractivity (Wildman–Crippen MR) is 216 cm³/mol. The van der Waals surface area contributed by atoms with E-state index in [1.807, 2.05) is 6.08 Å². The Kier molecular flexibility index (Phi) is 37.6. The molecule has 3 N–H and O–H groups in total. The van der Waals surface area contributed by atoms with Gasteiger partial charge in [-0.15, -0.1) is 0 Å². The van der Waals surface area contributed by atoms with Gasteiger partial charge in [0, 0.05) is 6.42 Å². The molecule has 0 bridgehead atoms. The molecule has 1 amide bonds. The van der Waals surface area contributed by atoms with E-state index in [0.717, 1.165) is 77.0 Å². The zero-order valence-corrected chi connectivity index (χ0v) is 31.7. The van der Waals surface area contributed by atoms with Gasteiger partial charge in [-0.25, -0.2) is 0 Å². The maximum absolute atomic E-state index is 12.3. The number of hydrogen-bond acceptors (Lipinski definition) is 3. The zero-order chi connectivity index (χ0) is 35.7. The van der Waals surface area contributed by atoms with Gasteiger partial charge >= 0.3 is 0 Å². The average Bonchev–Trinajstić information content (AvgIpc) is 3.10. The van der Waals surface area contributed by atoms with Crippen LogP contribution in [0.4, 0.5) is 0 Å². The van der Waals surface area contributed by atoms with Crippen molar-refractivity contribution in [1.82, 2.24) is 5.32 Å². The lowest BCUT2D eigenvalue weighted by Gasteiger charge is -2.19. The Labute approximate surface area is 303 Å². The van der Waals surface area contributed by atoms with Crippen LogP contribution < -0.4 is 5.32 Å². The molecule has 2 atom stereocenters. The fourth-order valence-corrected chi connectivity index (χ4v) is 5.24. The number of hydrogen-bond donors (Lipinski definition) is 3. The number of unbranched alkanes of at least 4 members (excludes halogenated alkanes) is 13. The van der Waals surface area contributed by atoms with Gasteiger partial charge in [-0.05, 0) is 77.0 Å². The number of carbonyl (C=O) groups excluding carboxylic acids is 1. The number of carbonyl (C=O) groups is 1. The monoisotopic (exact) mass is 678 g/mol. The standard InChI is InChI=1S/C45H75NO3/c1-3-5-7-9-11-13-14-15-16-17-18-19-20-21-22-23-24-25-26-27-28-29-30-31-32-33-35-37-39-41-45(49)46-43(42-47)44(48)40-38-36-34-12-10-8-6-4-2/h5,7,10-13,15-16,18-19,21-22,24-25,38,40,43-44,47-48H,3-4,6,8-9,14,17,20,23,26-37,39,41-42H2,1-2H3,(H,46,49)/b7-5-,12-10+,13-11-,16-15-,19-18-,22-21-,25-24-,40-38+. The Morgan fingerprint density at radius 1 is 0.510 bits per heavy atom. The summed E-state index contributed by atoms with van der Waals surface area (Å²) in [6.07, 6.45) is 59.5. The number of aliphatic hydroxyl groups excluding tert-OH is 2. The van der Waals surface area contributed by atoms with E-state index in [1.54, 1.807) is 6.08 Å². The maximum Gasteiger partial charge on any atom is 0.220 e. The molecule has 4 heteroatoms. The summed E-state index contributed by atoms with van der Waals surface area (Å²) < 4.78 is 0. The molecule has 0 aromatic rings. The Morgan fingerprint density at radius 2 is 0.918 bits per heavy atom. The van der Waals surface area contributed by atoms with E-state index >= 15 is 0 Å². The molecule has 0 aliphatic heterocycles. The SMILES string of the molecule is CC/C=C\C/C=C\C/C=C\C/C=C\C/C=C\C/C=C\CCCCCCCCCCCCC(=O)NC(CO)C(O)/C=C/CC/C=C/CCCC. The van der Waals surface area contributed by atoms with Crippen molar-refractivity contribution in [3.8, 4) is 0 Å². The molecule has 0 radical (unpaired) electrons. The lowest BCUT2D eigenvalue weighted by atomic mass is 10.0. The van der Waals surface area contributed by atoms with Gasteiger partial charge in [0.2, 0.25) is 5.91 Å².